The number of ether oxygens (including phenoxy) is 4. The van der Waals surface area contributed by atoms with Crippen molar-refractivity contribution in [1.29, 1.82) is 0 Å². The molecule has 2 aromatic carbocycles. The highest BCUT2D eigenvalue weighted by molar-refractivity contribution is 6.11. The third-order valence-electron chi connectivity index (χ3n) is 4.40. The topological polar surface area (TPSA) is 74.2 Å². The maximum Gasteiger partial charge on any atom is 0.193 e. The van der Waals surface area contributed by atoms with Crippen LogP contribution in [-0.2, 0) is 4.74 Å². The van der Waals surface area contributed by atoms with Crippen LogP contribution in [0, 0.1) is 0 Å². The minimum absolute atomic E-state index is 0.00772. The third kappa shape index (κ3) is 4.60. The monoisotopic (exact) mass is 396 g/mol. The van der Waals surface area contributed by atoms with Crippen molar-refractivity contribution >= 4 is 17.9 Å². The van der Waals surface area contributed by atoms with E-state index in [4.69, 9.17) is 18.9 Å². The second kappa shape index (κ2) is 8.41. The third-order valence-corrected chi connectivity index (χ3v) is 4.40. The molecule has 0 atom stereocenters. The molecule has 6 nitrogen and oxygen atoms in total. The van der Waals surface area contributed by atoms with Crippen molar-refractivity contribution in [2.24, 2.45) is 0 Å². The van der Waals surface area contributed by atoms with Crippen LogP contribution in [0.1, 0.15) is 35.3 Å². The Balaban J connectivity index is 1.98. The summed E-state index contributed by atoms with van der Waals surface area (Å²) in [6, 6.07) is 8.69. The van der Waals surface area contributed by atoms with Gasteiger partial charge in [0.05, 0.1) is 12.7 Å². The molecule has 0 unspecified atom stereocenters. The minimum Gasteiger partial charge on any atom is -0.507 e. The average molecular weight is 396 g/mol. The molecule has 6 heteroatoms. The van der Waals surface area contributed by atoms with Crippen LogP contribution in [0.25, 0.3) is 12.2 Å². The van der Waals surface area contributed by atoms with E-state index in [1.165, 1.54) is 19.3 Å². The number of carbonyl (C=O) groups is 1. The van der Waals surface area contributed by atoms with Crippen LogP contribution in [0.3, 0.4) is 0 Å². The maximum atomic E-state index is 12.9. The largest absolute Gasteiger partial charge is 0.507 e. The standard InChI is InChI=1S/C23H24O6/c1-23(2)12-11-17-20(28-14-26-3)13-19(25)21(22(17)29-23)18(24)10-7-15-5-8-16(27-4)9-6-15/h5-13,25H,14H2,1-4H3/b10-7+. The van der Waals surface area contributed by atoms with Gasteiger partial charge in [-0.25, -0.2) is 0 Å². The van der Waals surface area contributed by atoms with Crippen molar-refractivity contribution in [3.8, 4) is 23.0 Å². The van der Waals surface area contributed by atoms with Gasteiger partial charge in [0.1, 0.15) is 34.2 Å². The van der Waals surface area contributed by atoms with Crippen molar-refractivity contribution in [1.82, 2.24) is 0 Å². The van der Waals surface area contributed by atoms with Crippen molar-refractivity contribution in [3.05, 3.63) is 59.2 Å². The molecule has 1 aliphatic rings. The van der Waals surface area contributed by atoms with Gasteiger partial charge in [0, 0.05) is 13.2 Å². The lowest BCUT2D eigenvalue weighted by Gasteiger charge is -2.30. The molecule has 0 bridgehead atoms. The Morgan fingerprint density at radius 3 is 2.59 bits per heavy atom. The molecule has 152 valence electrons. The summed E-state index contributed by atoms with van der Waals surface area (Å²) in [4.78, 5) is 12.9. The van der Waals surface area contributed by atoms with E-state index >= 15 is 0 Å². The first-order chi connectivity index (χ1) is 13.8. The number of benzene rings is 2. The van der Waals surface area contributed by atoms with Gasteiger partial charge in [-0.05, 0) is 49.8 Å². The van der Waals surface area contributed by atoms with E-state index in [1.807, 2.05) is 50.3 Å². The number of aromatic hydroxyl groups is 1. The lowest BCUT2D eigenvalue weighted by Crippen LogP contribution is -2.28. The second-order valence-corrected chi connectivity index (χ2v) is 7.07. The normalized spacial score (nSPS) is 14.3. The van der Waals surface area contributed by atoms with E-state index in [0.29, 0.717) is 11.3 Å². The molecule has 0 saturated carbocycles. The highest BCUT2D eigenvalue weighted by Gasteiger charge is 2.30. The Labute approximate surface area is 170 Å². The van der Waals surface area contributed by atoms with Crippen molar-refractivity contribution in [3.63, 3.8) is 0 Å². The number of allylic oxidation sites excluding steroid dienone is 1. The Hall–Kier alpha value is -3.25. The summed E-state index contributed by atoms with van der Waals surface area (Å²) in [6.07, 6.45) is 6.77. The van der Waals surface area contributed by atoms with Gasteiger partial charge in [0.15, 0.2) is 12.6 Å². The van der Waals surface area contributed by atoms with E-state index in [2.05, 4.69) is 0 Å². The van der Waals surface area contributed by atoms with E-state index < -0.39 is 5.60 Å². The number of hydrogen-bond acceptors (Lipinski definition) is 6. The summed E-state index contributed by atoms with van der Waals surface area (Å²) in [7, 11) is 3.10. The molecule has 1 N–H and O–H groups in total. The zero-order chi connectivity index (χ0) is 21.0. The molecule has 0 aromatic heterocycles. The Morgan fingerprint density at radius 2 is 1.93 bits per heavy atom. The van der Waals surface area contributed by atoms with Gasteiger partial charge in [-0.15, -0.1) is 0 Å². The Kier molecular flexibility index (Phi) is 5.94. The fourth-order valence-corrected chi connectivity index (χ4v) is 2.93. The lowest BCUT2D eigenvalue weighted by atomic mass is 9.96. The zero-order valence-electron chi connectivity index (χ0n) is 16.9. The van der Waals surface area contributed by atoms with E-state index in [9.17, 15) is 9.90 Å². The smallest absolute Gasteiger partial charge is 0.193 e. The molecule has 0 saturated heterocycles. The predicted molar refractivity (Wildman–Crippen MR) is 111 cm³/mol. The predicted octanol–water partition coefficient (Wildman–Crippen LogP) is 4.46. The van der Waals surface area contributed by atoms with Gasteiger partial charge < -0.3 is 24.1 Å². The van der Waals surface area contributed by atoms with E-state index in [1.54, 1.807) is 13.2 Å². The summed E-state index contributed by atoms with van der Waals surface area (Å²) in [5.41, 5.74) is 0.870. The molecular formula is C23H24O6. The minimum atomic E-state index is -0.631. The molecule has 0 aliphatic carbocycles. The molecule has 1 heterocycles. The van der Waals surface area contributed by atoms with Gasteiger partial charge in [0.2, 0.25) is 0 Å². The Bertz CT molecular complexity index is 954. The van der Waals surface area contributed by atoms with Crippen LogP contribution in [0.5, 0.6) is 23.0 Å². The number of rotatable bonds is 7. The first kappa shape index (κ1) is 20.5. The van der Waals surface area contributed by atoms with Crippen LogP contribution >= 0.6 is 0 Å². The molecule has 29 heavy (non-hydrogen) atoms. The van der Waals surface area contributed by atoms with Crippen LogP contribution in [0.4, 0.5) is 0 Å². The van der Waals surface area contributed by atoms with Crippen LogP contribution in [0.2, 0.25) is 0 Å². The van der Waals surface area contributed by atoms with E-state index in [-0.39, 0.29) is 29.6 Å². The summed E-state index contributed by atoms with van der Waals surface area (Å²) in [5.74, 6) is 0.799. The van der Waals surface area contributed by atoms with Crippen molar-refractivity contribution in [2.75, 3.05) is 21.0 Å². The lowest BCUT2D eigenvalue weighted by molar-refractivity contribution is 0.0502. The fourth-order valence-electron chi connectivity index (χ4n) is 2.93. The molecule has 1 aliphatic heterocycles. The van der Waals surface area contributed by atoms with Crippen molar-refractivity contribution < 1.29 is 28.8 Å². The number of carbonyl (C=O) groups excluding carboxylic acids is 1. The molecule has 0 spiro atoms. The summed E-state index contributed by atoms with van der Waals surface area (Å²) in [5, 5.41) is 10.6. The number of methoxy groups -OCH3 is 2. The second-order valence-electron chi connectivity index (χ2n) is 7.07. The van der Waals surface area contributed by atoms with Crippen LogP contribution < -0.4 is 14.2 Å². The SMILES string of the molecule is COCOc1cc(O)c(C(=O)/C=C/c2ccc(OC)cc2)c2c1C=CC(C)(C)O2. The summed E-state index contributed by atoms with van der Waals surface area (Å²) < 4.78 is 21.6. The Morgan fingerprint density at radius 1 is 1.21 bits per heavy atom. The summed E-state index contributed by atoms with van der Waals surface area (Å²) in [6.45, 7) is 3.75. The number of ketones is 1. The number of fused-ring (bicyclic) bond motifs is 1. The van der Waals surface area contributed by atoms with Crippen LogP contribution in [0.15, 0.2) is 42.5 Å². The molecule has 0 radical (unpaired) electrons. The van der Waals surface area contributed by atoms with Gasteiger partial charge in [0.25, 0.3) is 0 Å². The first-order valence-corrected chi connectivity index (χ1v) is 9.11. The van der Waals surface area contributed by atoms with Crippen molar-refractivity contribution in [2.45, 2.75) is 19.4 Å². The highest BCUT2D eigenvalue weighted by atomic mass is 16.7. The maximum absolute atomic E-state index is 12.9. The fraction of sp³-hybridized carbons (Fsp3) is 0.261. The number of hydrogen-bond donors (Lipinski definition) is 1. The first-order valence-electron chi connectivity index (χ1n) is 9.11. The molecule has 0 fully saturated rings. The molecule has 2 aromatic rings. The molecular weight excluding hydrogens is 372 g/mol. The van der Waals surface area contributed by atoms with Gasteiger partial charge in [-0.1, -0.05) is 18.2 Å². The number of phenols is 1. The molecule has 3 rings (SSSR count). The summed E-state index contributed by atoms with van der Waals surface area (Å²) >= 11 is 0. The molecule has 0 amide bonds. The van der Waals surface area contributed by atoms with Gasteiger partial charge >= 0.3 is 0 Å². The van der Waals surface area contributed by atoms with Crippen LogP contribution in [-0.4, -0.2) is 37.5 Å². The number of phenolic OH excluding ortho intramolecular Hbond substituents is 1. The highest BCUT2D eigenvalue weighted by Crippen LogP contribution is 2.44. The van der Waals surface area contributed by atoms with E-state index in [0.717, 1.165) is 11.3 Å². The average Bonchev–Trinajstić information content (AvgIpc) is 2.69. The quantitative estimate of drug-likeness (QED) is 0.423. The zero-order valence-corrected chi connectivity index (χ0v) is 16.9. The van der Waals surface area contributed by atoms with Gasteiger partial charge in [-0.3, -0.25) is 4.79 Å². The van der Waals surface area contributed by atoms with Gasteiger partial charge in [-0.2, -0.15) is 0 Å².